The Labute approximate surface area is 105 Å². The maximum absolute atomic E-state index is 11.8. The Bertz CT molecular complexity index is 336. The first-order chi connectivity index (χ1) is 8.12. The summed E-state index contributed by atoms with van der Waals surface area (Å²) in [5.41, 5.74) is 0. The minimum absolute atomic E-state index is 0.157. The van der Waals surface area contributed by atoms with Crippen molar-refractivity contribution in [3.63, 3.8) is 0 Å². The Hall–Kier alpha value is -0.130. The minimum atomic E-state index is -2.82. The van der Waals surface area contributed by atoms with Gasteiger partial charge in [-0.1, -0.05) is 13.3 Å². The molecule has 0 amide bonds. The van der Waals surface area contributed by atoms with Crippen molar-refractivity contribution in [3.8, 4) is 0 Å². The lowest BCUT2D eigenvalue weighted by Gasteiger charge is -2.28. The summed E-state index contributed by atoms with van der Waals surface area (Å²) in [4.78, 5) is 2.37. The standard InChI is InChI=1S/C12H24N2O2S/c1-2-3-6-13-11-9-17(15,16)10-12(11)14-7-4-5-8-14/h11-13H,2-10H2,1H3/t11-,12+/m0/s1. The third-order valence-electron chi connectivity index (χ3n) is 3.87. The largest absolute Gasteiger partial charge is 0.311 e. The van der Waals surface area contributed by atoms with E-state index in [9.17, 15) is 8.42 Å². The molecular weight excluding hydrogens is 236 g/mol. The van der Waals surface area contributed by atoms with Crippen LogP contribution in [0.5, 0.6) is 0 Å². The van der Waals surface area contributed by atoms with Crippen molar-refractivity contribution in [2.45, 2.75) is 44.7 Å². The van der Waals surface area contributed by atoms with Crippen LogP contribution in [-0.2, 0) is 9.84 Å². The molecule has 0 aliphatic carbocycles. The molecule has 4 nitrogen and oxygen atoms in total. The molecule has 2 fully saturated rings. The lowest BCUT2D eigenvalue weighted by molar-refractivity contribution is 0.226. The van der Waals surface area contributed by atoms with Gasteiger partial charge in [-0.05, 0) is 38.9 Å². The molecule has 2 saturated heterocycles. The zero-order valence-corrected chi connectivity index (χ0v) is 11.5. The molecule has 0 unspecified atom stereocenters. The highest BCUT2D eigenvalue weighted by atomic mass is 32.2. The average molecular weight is 260 g/mol. The highest BCUT2D eigenvalue weighted by Crippen LogP contribution is 2.22. The molecule has 100 valence electrons. The van der Waals surface area contributed by atoms with Gasteiger partial charge in [0.25, 0.3) is 0 Å². The summed E-state index contributed by atoms with van der Waals surface area (Å²) in [6.07, 6.45) is 4.72. The molecule has 2 heterocycles. The topological polar surface area (TPSA) is 49.4 Å². The van der Waals surface area contributed by atoms with Gasteiger partial charge in [-0.3, -0.25) is 4.90 Å². The van der Waals surface area contributed by atoms with Crippen LogP contribution in [-0.4, -0.2) is 56.5 Å². The van der Waals surface area contributed by atoms with E-state index in [4.69, 9.17) is 0 Å². The highest BCUT2D eigenvalue weighted by molar-refractivity contribution is 7.91. The first-order valence-electron chi connectivity index (χ1n) is 6.80. The predicted molar refractivity (Wildman–Crippen MR) is 69.9 cm³/mol. The zero-order valence-electron chi connectivity index (χ0n) is 10.7. The number of nitrogens with zero attached hydrogens (tertiary/aromatic N) is 1. The zero-order chi connectivity index (χ0) is 12.3. The lowest BCUT2D eigenvalue weighted by atomic mass is 10.1. The summed E-state index contributed by atoms with van der Waals surface area (Å²) in [7, 11) is -2.82. The van der Waals surface area contributed by atoms with Crippen LogP contribution in [0.3, 0.4) is 0 Å². The van der Waals surface area contributed by atoms with E-state index in [1.165, 1.54) is 12.8 Å². The molecule has 2 rings (SSSR count). The van der Waals surface area contributed by atoms with Gasteiger partial charge in [0, 0.05) is 12.1 Å². The molecule has 0 radical (unpaired) electrons. The maximum Gasteiger partial charge on any atom is 0.153 e. The van der Waals surface area contributed by atoms with E-state index < -0.39 is 9.84 Å². The minimum Gasteiger partial charge on any atom is -0.311 e. The van der Waals surface area contributed by atoms with Crippen LogP contribution in [0.1, 0.15) is 32.6 Å². The van der Waals surface area contributed by atoms with Crippen LogP contribution in [0, 0.1) is 0 Å². The van der Waals surface area contributed by atoms with Gasteiger partial charge in [0.1, 0.15) is 0 Å². The summed E-state index contributed by atoms with van der Waals surface area (Å²) in [6, 6.07) is 0.379. The summed E-state index contributed by atoms with van der Waals surface area (Å²) >= 11 is 0. The Kier molecular flexibility index (Phi) is 4.44. The van der Waals surface area contributed by atoms with Gasteiger partial charge in [-0.15, -0.1) is 0 Å². The van der Waals surface area contributed by atoms with Crippen molar-refractivity contribution in [2.24, 2.45) is 0 Å². The Balaban J connectivity index is 1.95. The smallest absolute Gasteiger partial charge is 0.153 e. The van der Waals surface area contributed by atoms with Crippen molar-refractivity contribution < 1.29 is 8.42 Å². The van der Waals surface area contributed by atoms with Crippen molar-refractivity contribution >= 4 is 9.84 Å². The van der Waals surface area contributed by atoms with Gasteiger partial charge in [-0.25, -0.2) is 8.42 Å². The quantitative estimate of drug-likeness (QED) is 0.737. The normalized spacial score (nSPS) is 33.2. The van der Waals surface area contributed by atoms with Crippen LogP contribution in [0.25, 0.3) is 0 Å². The Morgan fingerprint density at radius 3 is 2.59 bits per heavy atom. The summed E-state index contributed by atoms with van der Waals surface area (Å²) in [6.45, 7) is 5.25. The Morgan fingerprint density at radius 2 is 1.94 bits per heavy atom. The van der Waals surface area contributed by atoms with E-state index in [0.29, 0.717) is 11.5 Å². The monoisotopic (exact) mass is 260 g/mol. The van der Waals surface area contributed by atoms with Gasteiger partial charge in [0.05, 0.1) is 11.5 Å². The third-order valence-corrected chi connectivity index (χ3v) is 5.59. The second kappa shape index (κ2) is 5.67. The van der Waals surface area contributed by atoms with E-state index in [1.807, 2.05) is 0 Å². The van der Waals surface area contributed by atoms with Crippen LogP contribution in [0.2, 0.25) is 0 Å². The van der Waals surface area contributed by atoms with Gasteiger partial charge in [-0.2, -0.15) is 0 Å². The third kappa shape index (κ3) is 3.42. The maximum atomic E-state index is 11.8. The predicted octanol–water partition coefficient (Wildman–Crippen LogP) is 0.638. The number of unbranched alkanes of at least 4 members (excludes halogenated alkanes) is 1. The first kappa shape index (κ1) is 13.3. The SMILES string of the molecule is CCCCN[C@H]1CS(=O)(=O)C[C@H]1N1CCCC1. The van der Waals surface area contributed by atoms with Gasteiger partial charge in [0.15, 0.2) is 9.84 Å². The van der Waals surface area contributed by atoms with E-state index in [1.54, 1.807) is 0 Å². The molecule has 0 bridgehead atoms. The first-order valence-corrected chi connectivity index (χ1v) is 8.62. The molecule has 2 aliphatic heterocycles. The number of hydrogen-bond acceptors (Lipinski definition) is 4. The number of likely N-dealkylation sites (tertiary alicyclic amines) is 1. The second-order valence-electron chi connectivity index (χ2n) is 5.30. The molecule has 0 aromatic rings. The molecule has 0 spiro atoms. The summed E-state index contributed by atoms with van der Waals surface area (Å²) < 4.78 is 23.5. The van der Waals surface area contributed by atoms with E-state index in [0.717, 1.165) is 32.5 Å². The molecule has 5 heteroatoms. The van der Waals surface area contributed by atoms with Gasteiger partial charge in [0.2, 0.25) is 0 Å². The fraction of sp³-hybridized carbons (Fsp3) is 1.00. The molecule has 1 N–H and O–H groups in total. The van der Waals surface area contributed by atoms with Crippen molar-refractivity contribution in [2.75, 3.05) is 31.1 Å². The van der Waals surface area contributed by atoms with E-state index >= 15 is 0 Å². The van der Waals surface area contributed by atoms with Crippen LogP contribution in [0.4, 0.5) is 0 Å². The molecular formula is C12H24N2O2S. The number of nitrogens with one attached hydrogen (secondary N) is 1. The van der Waals surface area contributed by atoms with Crippen molar-refractivity contribution in [1.82, 2.24) is 10.2 Å². The fourth-order valence-electron chi connectivity index (χ4n) is 2.92. The molecule has 2 aliphatic rings. The number of sulfone groups is 1. The van der Waals surface area contributed by atoms with E-state index in [-0.39, 0.29) is 12.1 Å². The number of rotatable bonds is 5. The summed E-state index contributed by atoms with van der Waals surface area (Å²) in [5.74, 6) is 0.689. The van der Waals surface area contributed by atoms with Gasteiger partial charge >= 0.3 is 0 Å². The fourth-order valence-corrected chi connectivity index (χ4v) is 4.91. The van der Waals surface area contributed by atoms with Crippen LogP contribution in [0.15, 0.2) is 0 Å². The molecule has 0 saturated carbocycles. The molecule has 0 aromatic heterocycles. The molecule has 0 aromatic carbocycles. The number of hydrogen-bond donors (Lipinski definition) is 1. The van der Waals surface area contributed by atoms with E-state index in [2.05, 4.69) is 17.1 Å². The van der Waals surface area contributed by atoms with Crippen molar-refractivity contribution in [3.05, 3.63) is 0 Å². The van der Waals surface area contributed by atoms with Crippen LogP contribution < -0.4 is 5.32 Å². The summed E-state index contributed by atoms with van der Waals surface area (Å²) in [5, 5.41) is 3.44. The van der Waals surface area contributed by atoms with Crippen molar-refractivity contribution in [1.29, 1.82) is 0 Å². The van der Waals surface area contributed by atoms with Crippen LogP contribution >= 0.6 is 0 Å². The second-order valence-corrected chi connectivity index (χ2v) is 7.46. The average Bonchev–Trinajstić information content (AvgIpc) is 2.86. The highest BCUT2D eigenvalue weighted by Gasteiger charge is 2.41. The van der Waals surface area contributed by atoms with Gasteiger partial charge < -0.3 is 5.32 Å². The Morgan fingerprint density at radius 1 is 1.24 bits per heavy atom. The lowest BCUT2D eigenvalue weighted by Crippen LogP contribution is -2.48. The molecule has 17 heavy (non-hydrogen) atoms. The molecule has 2 atom stereocenters.